The highest BCUT2D eigenvalue weighted by atomic mass is 16.5. The van der Waals surface area contributed by atoms with Crippen molar-refractivity contribution in [1.29, 1.82) is 0 Å². The van der Waals surface area contributed by atoms with Crippen molar-refractivity contribution in [3.63, 3.8) is 0 Å². The number of benzene rings is 2. The van der Waals surface area contributed by atoms with E-state index in [1.54, 1.807) is 0 Å². The Balaban J connectivity index is 1.50. The highest BCUT2D eigenvalue weighted by molar-refractivity contribution is 6.02. The lowest BCUT2D eigenvalue weighted by molar-refractivity contribution is 0.0173. The highest BCUT2D eigenvalue weighted by Crippen LogP contribution is 2.28. The van der Waals surface area contributed by atoms with Crippen LogP contribution in [0.15, 0.2) is 42.5 Å². The number of carbonyl (C=O) groups excluding carboxylic acids is 1. The SMILES string of the molecule is Cc1cc(C)c2[nH]c(C(=O)N3CC(Oc4ccccc4)C3)c(C)c2c1. The van der Waals surface area contributed by atoms with Gasteiger partial charge in [-0.05, 0) is 50.1 Å². The largest absolute Gasteiger partial charge is 0.487 e. The third-order valence-corrected chi connectivity index (χ3v) is 4.90. The smallest absolute Gasteiger partial charge is 0.270 e. The van der Waals surface area contributed by atoms with Gasteiger partial charge in [-0.15, -0.1) is 0 Å². The average molecular weight is 334 g/mol. The van der Waals surface area contributed by atoms with Crippen LogP contribution in [0.2, 0.25) is 0 Å². The van der Waals surface area contributed by atoms with Crippen LogP contribution in [0.4, 0.5) is 0 Å². The van der Waals surface area contributed by atoms with Crippen molar-refractivity contribution in [3.05, 3.63) is 64.8 Å². The molecule has 2 aromatic carbocycles. The Hall–Kier alpha value is -2.75. The van der Waals surface area contributed by atoms with E-state index in [4.69, 9.17) is 4.74 Å². The predicted octanol–water partition coefficient (Wildman–Crippen LogP) is 4.00. The number of para-hydroxylation sites is 1. The summed E-state index contributed by atoms with van der Waals surface area (Å²) in [5, 5.41) is 1.14. The van der Waals surface area contributed by atoms with Gasteiger partial charge < -0.3 is 14.6 Å². The molecule has 3 aromatic rings. The number of amides is 1. The summed E-state index contributed by atoms with van der Waals surface area (Å²) in [7, 11) is 0. The lowest BCUT2D eigenvalue weighted by Gasteiger charge is -2.38. The Kier molecular flexibility index (Phi) is 3.75. The molecule has 1 aliphatic rings. The molecule has 4 rings (SSSR count). The quantitative estimate of drug-likeness (QED) is 0.787. The molecule has 0 saturated carbocycles. The van der Waals surface area contributed by atoms with Crippen molar-refractivity contribution in [2.24, 2.45) is 0 Å². The summed E-state index contributed by atoms with van der Waals surface area (Å²) in [5.41, 5.74) is 5.17. The van der Waals surface area contributed by atoms with E-state index in [0.29, 0.717) is 18.8 Å². The number of aromatic nitrogens is 1. The second kappa shape index (κ2) is 5.96. The van der Waals surface area contributed by atoms with Crippen LogP contribution in [0, 0.1) is 20.8 Å². The predicted molar refractivity (Wildman–Crippen MR) is 99.3 cm³/mol. The van der Waals surface area contributed by atoms with Crippen LogP contribution in [0.5, 0.6) is 5.75 Å². The number of nitrogens with one attached hydrogen (secondary N) is 1. The second-order valence-electron chi connectivity index (χ2n) is 6.89. The van der Waals surface area contributed by atoms with Crippen LogP contribution in [0.25, 0.3) is 10.9 Å². The summed E-state index contributed by atoms with van der Waals surface area (Å²) >= 11 is 0. The molecule has 0 unspecified atom stereocenters. The fraction of sp³-hybridized carbons (Fsp3) is 0.286. The Morgan fingerprint density at radius 1 is 1.12 bits per heavy atom. The number of likely N-dealkylation sites (tertiary alicyclic amines) is 1. The maximum absolute atomic E-state index is 12.9. The third-order valence-electron chi connectivity index (χ3n) is 4.90. The van der Waals surface area contributed by atoms with Gasteiger partial charge in [-0.25, -0.2) is 0 Å². The van der Waals surface area contributed by atoms with Gasteiger partial charge in [-0.1, -0.05) is 29.8 Å². The van der Waals surface area contributed by atoms with E-state index in [-0.39, 0.29) is 12.0 Å². The third kappa shape index (κ3) is 2.78. The van der Waals surface area contributed by atoms with Gasteiger partial charge in [0, 0.05) is 10.9 Å². The minimum Gasteiger partial charge on any atom is -0.487 e. The maximum Gasteiger partial charge on any atom is 0.270 e. The molecular formula is C21H22N2O2. The van der Waals surface area contributed by atoms with E-state index < -0.39 is 0 Å². The summed E-state index contributed by atoms with van der Waals surface area (Å²) in [6.45, 7) is 7.43. The summed E-state index contributed by atoms with van der Waals surface area (Å²) in [4.78, 5) is 18.0. The van der Waals surface area contributed by atoms with Gasteiger partial charge in [0.05, 0.1) is 13.1 Å². The number of hydrogen-bond acceptors (Lipinski definition) is 2. The molecule has 25 heavy (non-hydrogen) atoms. The molecule has 1 saturated heterocycles. The first-order valence-electron chi connectivity index (χ1n) is 8.63. The zero-order valence-corrected chi connectivity index (χ0v) is 14.8. The molecule has 1 N–H and O–H groups in total. The molecule has 4 heteroatoms. The molecule has 0 aliphatic carbocycles. The Labute approximate surface area is 147 Å². The van der Waals surface area contributed by atoms with Gasteiger partial charge in [0.1, 0.15) is 17.5 Å². The van der Waals surface area contributed by atoms with Crippen LogP contribution in [-0.2, 0) is 0 Å². The Morgan fingerprint density at radius 2 is 1.84 bits per heavy atom. The van der Waals surface area contributed by atoms with Crippen molar-refractivity contribution in [1.82, 2.24) is 9.88 Å². The maximum atomic E-state index is 12.9. The Bertz CT molecular complexity index is 937. The van der Waals surface area contributed by atoms with Crippen molar-refractivity contribution in [2.75, 3.05) is 13.1 Å². The normalized spacial score (nSPS) is 14.6. The van der Waals surface area contributed by atoms with Crippen molar-refractivity contribution in [3.8, 4) is 5.75 Å². The lowest BCUT2D eigenvalue weighted by atomic mass is 10.0. The number of nitrogens with zero attached hydrogens (tertiary/aromatic N) is 1. The van der Waals surface area contributed by atoms with Gasteiger partial charge in [0.25, 0.3) is 5.91 Å². The van der Waals surface area contributed by atoms with Crippen LogP contribution in [0.1, 0.15) is 27.2 Å². The molecule has 0 radical (unpaired) electrons. The first kappa shape index (κ1) is 15.8. The van der Waals surface area contributed by atoms with Crippen LogP contribution in [-0.4, -0.2) is 35.0 Å². The zero-order valence-electron chi connectivity index (χ0n) is 14.8. The van der Waals surface area contributed by atoms with E-state index in [9.17, 15) is 4.79 Å². The molecule has 4 nitrogen and oxygen atoms in total. The summed E-state index contributed by atoms with van der Waals surface area (Å²) in [5.74, 6) is 0.908. The van der Waals surface area contributed by atoms with E-state index in [2.05, 4.69) is 31.0 Å². The van der Waals surface area contributed by atoms with Crippen LogP contribution < -0.4 is 4.74 Å². The molecule has 0 bridgehead atoms. The van der Waals surface area contributed by atoms with Crippen LogP contribution >= 0.6 is 0 Å². The summed E-state index contributed by atoms with van der Waals surface area (Å²) in [6, 6.07) is 14.0. The fourth-order valence-corrected chi connectivity index (χ4v) is 3.52. The minimum absolute atomic E-state index is 0.0543. The number of aryl methyl sites for hydroxylation is 3. The van der Waals surface area contributed by atoms with Crippen molar-refractivity contribution in [2.45, 2.75) is 26.9 Å². The number of H-pyrrole nitrogens is 1. The number of rotatable bonds is 3. The van der Waals surface area contributed by atoms with E-state index in [0.717, 1.165) is 22.2 Å². The fourth-order valence-electron chi connectivity index (χ4n) is 3.52. The number of hydrogen-bond donors (Lipinski definition) is 1. The van der Waals surface area contributed by atoms with Gasteiger partial charge in [-0.3, -0.25) is 4.79 Å². The number of ether oxygens (including phenoxy) is 1. The monoisotopic (exact) mass is 334 g/mol. The van der Waals surface area contributed by atoms with Crippen LogP contribution in [0.3, 0.4) is 0 Å². The summed E-state index contributed by atoms with van der Waals surface area (Å²) in [6.07, 6.45) is 0.0695. The second-order valence-corrected chi connectivity index (χ2v) is 6.89. The van der Waals surface area contributed by atoms with E-state index in [1.165, 1.54) is 11.1 Å². The topological polar surface area (TPSA) is 45.3 Å². The van der Waals surface area contributed by atoms with Gasteiger partial charge in [0.2, 0.25) is 0 Å². The minimum atomic E-state index is 0.0543. The lowest BCUT2D eigenvalue weighted by Crippen LogP contribution is -2.56. The molecule has 1 aliphatic heterocycles. The molecule has 1 amide bonds. The first-order chi connectivity index (χ1) is 12.0. The average Bonchev–Trinajstić information content (AvgIpc) is 2.88. The van der Waals surface area contributed by atoms with E-state index >= 15 is 0 Å². The molecule has 1 aromatic heterocycles. The van der Waals surface area contributed by atoms with E-state index in [1.807, 2.05) is 42.2 Å². The van der Waals surface area contributed by atoms with Crippen molar-refractivity contribution < 1.29 is 9.53 Å². The first-order valence-corrected chi connectivity index (χ1v) is 8.63. The molecule has 2 heterocycles. The molecule has 0 atom stereocenters. The number of aromatic amines is 1. The highest BCUT2D eigenvalue weighted by Gasteiger charge is 2.34. The zero-order chi connectivity index (χ0) is 17.6. The molecule has 128 valence electrons. The number of carbonyl (C=O) groups is 1. The van der Waals surface area contributed by atoms with Gasteiger partial charge in [0.15, 0.2) is 0 Å². The molecule has 0 spiro atoms. The van der Waals surface area contributed by atoms with Gasteiger partial charge in [-0.2, -0.15) is 0 Å². The number of fused-ring (bicyclic) bond motifs is 1. The summed E-state index contributed by atoms with van der Waals surface area (Å²) < 4.78 is 5.89. The standard InChI is InChI=1S/C21H22N2O2/c1-13-9-14(2)19-18(10-13)15(3)20(22-19)21(24)23-11-17(12-23)25-16-7-5-4-6-8-16/h4-10,17,22H,11-12H2,1-3H3. The molecule has 1 fully saturated rings. The Morgan fingerprint density at radius 3 is 2.56 bits per heavy atom. The van der Waals surface area contributed by atoms with Gasteiger partial charge >= 0.3 is 0 Å². The van der Waals surface area contributed by atoms with Crippen molar-refractivity contribution >= 4 is 16.8 Å². The molecular weight excluding hydrogens is 312 g/mol.